The van der Waals surface area contributed by atoms with E-state index in [4.69, 9.17) is 0 Å². The maximum absolute atomic E-state index is 13.0. The van der Waals surface area contributed by atoms with Crippen molar-refractivity contribution in [1.29, 1.82) is 0 Å². The Hall–Kier alpha value is -1.47. The normalized spacial score (nSPS) is 12.7. The molecule has 0 atom stereocenters. The molecule has 0 bridgehead atoms. The summed E-state index contributed by atoms with van der Waals surface area (Å²) in [6, 6.07) is 0.517. The third-order valence-electron chi connectivity index (χ3n) is 1.78. The van der Waals surface area contributed by atoms with E-state index in [1.54, 1.807) is 0 Å². The fourth-order valence-corrected chi connectivity index (χ4v) is 1.26. The summed E-state index contributed by atoms with van der Waals surface area (Å²) in [4.78, 5) is 0. The van der Waals surface area contributed by atoms with Crippen LogP contribution in [0, 0.1) is 12.7 Å². The van der Waals surface area contributed by atoms with Gasteiger partial charge in [0, 0.05) is 6.07 Å². The summed E-state index contributed by atoms with van der Waals surface area (Å²) in [5, 5.41) is 0. The van der Waals surface area contributed by atoms with Crippen molar-refractivity contribution in [2.24, 2.45) is 0 Å². The van der Waals surface area contributed by atoms with Crippen molar-refractivity contribution in [1.82, 2.24) is 0 Å². The van der Waals surface area contributed by atoms with E-state index in [9.17, 15) is 30.7 Å². The molecule has 96 valence electrons. The van der Waals surface area contributed by atoms with Crippen molar-refractivity contribution >= 4 is 0 Å². The molecule has 0 saturated carbocycles. The maximum Gasteiger partial charge on any atom is 0.573 e. The van der Waals surface area contributed by atoms with Gasteiger partial charge in [0.15, 0.2) is 0 Å². The highest BCUT2D eigenvalue weighted by Crippen LogP contribution is 2.36. The molecule has 0 aromatic heterocycles. The molecule has 0 N–H and O–H groups in total. The van der Waals surface area contributed by atoms with Gasteiger partial charge in [0.2, 0.25) is 0 Å². The van der Waals surface area contributed by atoms with Crippen LogP contribution in [0.1, 0.15) is 11.1 Å². The molecule has 0 aliphatic rings. The predicted octanol–water partition coefficient (Wildman–Crippen LogP) is 4.05. The Labute approximate surface area is 90.8 Å². The zero-order valence-corrected chi connectivity index (χ0v) is 8.21. The second-order valence-corrected chi connectivity index (χ2v) is 3.14. The lowest BCUT2D eigenvalue weighted by Crippen LogP contribution is -2.18. The minimum atomic E-state index is -5.08. The van der Waals surface area contributed by atoms with E-state index >= 15 is 0 Å². The van der Waals surface area contributed by atoms with Crippen LogP contribution in [-0.2, 0) is 6.18 Å². The first-order chi connectivity index (χ1) is 7.50. The molecule has 0 amide bonds. The summed E-state index contributed by atoms with van der Waals surface area (Å²) in [7, 11) is 0. The highest BCUT2D eigenvalue weighted by molar-refractivity contribution is 5.37. The summed E-state index contributed by atoms with van der Waals surface area (Å²) < 4.78 is 88.5. The summed E-state index contributed by atoms with van der Waals surface area (Å²) in [5.41, 5.74) is -2.29. The number of alkyl halides is 6. The molecule has 0 aliphatic carbocycles. The molecule has 1 aromatic rings. The monoisotopic (exact) mass is 262 g/mol. The molecule has 0 radical (unpaired) electrons. The summed E-state index contributed by atoms with van der Waals surface area (Å²) in [5.74, 6) is -2.84. The number of hydrogen-bond donors (Lipinski definition) is 0. The SMILES string of the molecule is Cc1cc(OC(F)(F)F)cc(F)c1C(F)(F)F. The molecule has 0 saturated heterocycles. The topological polar surface area (TPSA) is 9.23 Å². The second kappa shape index (κ2) is 4.08. The van der Waals surface area contributed by atoms with E-state index in [2.05, 4.69) is 4.74 Å². The molecule has 17 heavy (non-hydrogen) atoms. The number of halogens is 7. The quantitative estimate of drug-likeness (QED) is 0.694. The highest BCUT2D eigenvalue weighted by Gasteiger charge is 2.37. The smallest absolute Gasteiger partial charge is 0.406 e. The highest BCUT2D eigenvalue weighted by atomic mass is 19.4. The van der Waals surface area contributed by atoms with Crippen LogP contribution >= 0.6 is 0 Å². The molecule has 0 spiro atoms. The van der Waals surface area contributed by atoms with Gasteiger partial charge in [-0.2, -0.15) is 13.2 Å². The first-order valence-electron chi connectivity index (χ1n) is 4.14. The van der Waals surface area contributed by atoms with Crippen LogP contribution in [0.15, 0.2) is 12.1 Å². The first-order valence-corrected chi connectivity index (χ1v) is 4.14. The predicted molar refractivity (Wildman–Crippen MR) is 42.8 cm³/mol. The molecule has 1 nitrogen and oxygen atoms in total. The fraction of sp³-hybridized carbons (Fsp3) is 0.333. The van der Waals surface area contributed by atoms with Crippen molar-refractivity contribution in [3.8, 4) is 5.75 Å². The Morgan fingerprint density at radius 2 is 1.53 bits per heavy atom. The van der Waals surface area contributed by atoms with Crippen LogP contribution in [0.4, 0.5) is 30.7 Å². The Morgan fingerprint density at radius 3 is 1.88 bits per heavy atom. The van der Waals surface area contributed by atoms with Gasteiger partial charge in [0.05, 0.1) is 5.56 Å². The van der Waals surface area contributed by atoms with Crippen LogP contribution < -0.4 is 4.74 Å². The number of ether oxygens (including phenoxy) is 1. The van der Waals surface area contributed by atoms with Crippen LogP contribution in [0.25, 0.3) is 0 Å². The zero-order valence-electron chi connectivity index (χ0n) is 8.21. The number of hydrogen-bond acceptors (Lipinski definition) is 1. The van der Waals surface area contributed by atoms with Gasteiger partial charge in [-0.15, -0.1) is 13.2 Å². The molecule has 0 fully saturated rings. The summed E-state index contributed by atoms with van der Waals surface area (Å²) >= 11 is 0. The minimum absolute atomic E-state index is 0.0450. The largest absolute Gasteiger partial charge is 0.573 e. The number of aryl methyl sites for hydroxylation is 1. The van der Waals surface area contributed by atoms with Gasteiger partial charge >= 0.3 is 12.5 Å². The molecule has 1 aromatic carbocycles. The van der Waals surface area contributed by atoms with Gasteiger partial charge in [-0.1, -0.05) is 0 Å². The second-order valence-electron chi connectivity index (χ2n) is 3.14. The van der Waals surface area contributed by atoms with Gasteiger partial charge in [0.1, 0.15) is 11.6 Å². The lowest BCUT2D eigenvalue weighted by molar-refractivity contribution is -0.274. The third-order valence-corrected chi connectivity index (χ3v) is 1.78. The van der Waals surface area contributed by atoms with E-state index in [1.165, 1.54) is 0 Å². The minimum Gasteiger partial charge on any atom is -0.406 e. The van der Waals surface area contributed by atoms with Gasteiger partial charge in [-0.05, 0) is 18.6 Å². The molecule has 0 aliphatic heterocycles. The Bertz CT molecular complexity index is 395. The maximum atomic E-state index is 13.0. The van der Waals surface area contributed by atoms with Crippen molar-refractivity contribution in [2.75, 3.05) is 0 Å². The van der Waals surface area contributed by atoms with Crippen LogP contribution in [0.5, 0.6) is 5.75 Å². The van der Waals surface area contributed by atoms with E-state index < -0.39 is 35.2 Å². The lowest BCUT2D eigenvalue weighted by atomic mass is 10.1. The van der Waals surface area contributed by atoms with Gasteiger partial charge in [0.25, 0.3) is 0 Å². The van der Waals surface area contributed by atoms with E-state index in [1.807, 2.05) is 0 Å². The van der Waals surface area contributed by atoms with Crippen molar-refractivity contribution in [3.63, 3.8) is 0 Å². The van der Waals surface area contributed by atoms with E-state index in [0.717, 1.165) is 6.92 Å². The Kier molecular flexibility index (Phi) is 3.26. The average Bonchev–Trinajstić information content (AvgIpc) is 1.94. The molecule has 1 rings (SSSR count). The van der Waals surface area contributed by atoms with Crippen LogP contribution in [-0.4, -0.2) is 6.36 Å². The van der Waals surface area contributed by atoms with Gasteiger partial charge in [-0.3, -0.25) is 0 Å². The first kappa shape index (κ1) is 13.6. The zero-order chi connectivity index (χ0) is 13.4. The third kappa shape index (κ3) is 3.50. The molecule has 0 unspecified atom stereocenters. The van der Waals surface area contributed by atoms with Crippen molar-refractivity contribution in [2.45, 2.75) is 19.5 Å². The molecular weight excluding hydrogens is 257 g/mol. The van der Waals surface area contributed by atoms with Crippen molar-refractivity contribution in [3.05, 3.63) is 29.1 Å². The van der Waals surface area contributed by atoms with Gasteiger partial charge in [-0.25, -0.2) is 4.39 Å². The van der Waals surface area contributed by atoms with Gasteiger partial charge < -0.3 is 4.74 Å². The lowest BCUT2D eigenvalue weighted by Gasteiger charge is -2.14. The average molecular weight is 262 g/mol. The van der Waals surface area contributed by atoms with E-state index in [0.29, 0.717) is 6.07 Å². The summed E-state index contributed by atoms with van der Waals surface area (Å²) in [6.07, 6.45) is -10.1. The molecule has 0 heterocycles. The van der Waals surface area contributed by atoms with Crippen LogP contribution in [0.2, 0.25) is 0 Å². The fourth-order valence-electron chi connectivity index (χ4n) is 1.26. The van der Waals surface area contributed by atoms with E-state index in [-0.39, 0.29) is 6.07 Å². The standard InChI is InChI=1S/C9H5F7O/c1-4-2-5(17-9(14,15)16)3-6(10)7(4)8(11,12)13/h2-3H,1H3. The number of rotatable bonds is 1. The van der Waals surface area contributed by atoms with Crippen LogP contribution in [0.3, 0.4) is 0 Å². The van der Waals surface area contributed by atoms with Crippen molar-refractivity contribution < 1.29 is 35.5 Å². The number of benzene rings is 1. The Morgan fingerprint density at radius 1 is 1.00 bits per heavy atom. The molecular formula is C9H5F7O. The summed E-state index contributed by atoms with van der Waals surface area (Å²) in [6.45, 7) is 0.842. The molecule has 8 heteroatoms. The Balaban J connectivity index is 3.19.